The first-order valence-corrected chi connectivity index (χ1v) is 14.4. The van der Waals surface area contributed by atoms with Crippen molar-refractivity contribution in [3.63, 3.8) is 0 Å². The monoisotopic (exact) mass is 502 g/mol. The molecule has 35 heavy (non-hydrogen) atoms. The van der Waals surface area contributed by atoms with E-state index in [1.165, 1.54) is 0 Å². The van der Waals surface area contributed by atoms with Gasteiger partial charge in [-0.05, 0) is 88.0 Å². The maximum Gasteiger partial charge on any atom is 0.167 e. The van der Waals surface area contributed by atoms with Crippen LogP contribution in [0, 0.1) is 23.5 Å². The molecular weight excluding hydrogens is 461 g/mol. The van der Waals surface area contributed by atoms with Crippen LogP contribution in [0.15, 0.2) is 53.3 Å². The van der Waals surface area contributed by atoms with E-state index >= 15 is 0 Å². The Morgan fingerprint density at radius 2 is 1.23 bits per heavy atom. The molecule has 1 N–H and O–H groups in total. The van der Waals surface area contributed by atoms with E-state index in [9.17, 15) is 8.78 Å². The third kappa shape index (κ3) is 4.41. The van der Waals surface area contributed by atoms with E-state index in [4.69, 9.17) is 4.74 Å². The largest absolute Gasteiger partial charge is 0.248 e. The second-order valence-electron chi connectivity index (χ2n) is 11.6. The van der Waals surface area contributed by atoms with Crippen LogP contribution in [0.1, 0.15) is 65.5 Å². The highest BCUT2D eigenvalue weighted by Gasteiger charge is 2.61. The molecule has 2 heterocycles. The van der Waals surface area contributed by atoms with Gasteiger partial charge in [-0.25, -0.2) is 28.0 Å². The second kappa shape index (κ2) is 9.37. The summed E-state index contributed by atoms with van der Waals surface area (Å²) in [5, 5.41) is 4.07. The van der Waals surface area contributed by atoms with Crippen molar-refractivity contribution >= 4 is 7.51 Å². The topological polar surface area (TPSA) is 30.9 Å². The number of likely N-dealkylation sites (N-methyl/N-ethyl adjacent to an activating group) is 2. The number of nitrogens with zero attached hydrogens (tertiary/aromatic N) is 3. The highest BCUT2D eigenvalue weighted by Crippen LogP contribution is 2.70. The van der Waals surface area contributed by atoms with Crippen molar-refractivity contribution in [2.24, 2.45) is 16.6 Å². The fourth-order valence-corrected chi connectivity index (χ4v) is 10.4. The minimum atomic E-state index is -2.35. The summed E-state index contributed by atoms with van der Waals surface area (Å²) < 4.78 is 38.4. The van der Waals surface area contributed by atoms with Gasteiger partial charge in [0, 0.05) is 12.1 Å². The van der Waals surface area contributed by atoms with Gasteiger partial charge >= 0.3 is 0 Å². The van der Waals surface area contributed by atoms with Crippen LogP contribution < -0.4 is 5.09 Å². The number of rotatable bonds is 6. The minimum Gasteiger partial charge on any atom is -0.248 e. The summed E-state index contributed by atoms with van der Waals surface area (Å²) in [7, 11) is 2.05. The molecule has 7 heteroatoms. The molecule has 2 unspecified atom stereocenters. The fraction of sp³-hybridized carbons (Fsp3) is 0.571. The Morgan fingerprint density at radius 3 is 1.71 bits per heavy atom. The van der Waals surface area contributed by atoms with Gasteiger partial charge in [-0.15, -0.1) is 0 Å². The fourth-order valence-electron chi connectivity index (χ4n) is 6.17. The lowest BCUT2D eigenvalue weighted by Crippen LogP contribution is -2.44. The number of nitrogens with one attached hydrogen (secondary N) is 1. The van der Waals surface area contributed by atoms with Crippen LogP contribution in [0.25, 0.3) is 0 Å². The Labute approximate surface area is 210 Å². The van der Waals surface area contributed by atoms with Crippen molar-refractivity contribution in [3.8, 4) is 0 Å². The zero-order valence-corrected chi connectivity index (χ0v) is 23.3. The van der Waals surface area contributed by atoms with E-state index in [-0.39, 0.29) is 23.7 Å². The zero-order chi connectivity index (χ0) is 25.8. The van der Waals surface area contributed by atoms with E-state index in [1.807, 2.05) is 24.3 Å². The molecule has 192 valence electrons. The van der Waals surface area contributed by atoms with Gasteiger partial charge in [0.2, 0.25) is 0 Å². The summed E-state index contributed by atoms with van der Waals surface area (Å²) >= 11 is 0. The highest BCUT2D eigenvalue weighted by atomic mass is 31.2. The number of hydrogen-bond donors (Lipinski definition) is 1. The third-order valence-electron chi connectivity index (χ3n) is 8.09. The molecule has 2 aromatic rings. The Morgan fingerprint density at radius 1 is 0.800 bits per heavy atom. The molecule has 0 aliphatic carbocycles. The van der Waals surface area contributed by atoms with Crippen LogP contribution in [-0.4, -0.2) is 35.5 Å². The predicted octanol–water partition coefficient (Wildman–Crippen LogP) is 7.35. The Balaban J connectivity index is 1.90. The normalized spacial score (nSPS) is 33.8. The van der Waals surface area contributed by atoms with Gasteiger partial charge < -0.3 is 0 Å². The number of hydrogen-bond acceptors (Lipinski definition) is 4. The summed E-state index contributed by atoms with van der Waals surface area (Å²) in [5.74, 6) is 0.520. The molecule has 1 fully saturated rings. The minimum absolute atomic E-state index is 0.159. The molecule has 4 nitrogen and oxygen atoms in total. The van der Waals surface area contributed by atoms with Gasteiger partial charge in [0.25, 0.3) is 0 Å². The molecule has 2 aliphatic heterocycles. The van der Waals surface area contributed by atoms with Crippen molar-refractivity contribution in [3.05, 3.63) is 71.3 Å². The van der Waals surface area contributed by atoms with Crippen LogP contribution in [0.3, 0.4) is 0 Å². The molecule has 1 spiro atoms. The number of benzene rings is 2. The molecular formula is C28H41F2N4P. The average Bonchev–Trinajstić information content (AvgIpc) is 3.12. The van der Waals surface area contributed by atoms with Crippen LogP contribution in [-0.2, 0) is 11.1 Å². The van der Waals surface area contributed by atoms with Gasteiger partial charge in [-0.1, -0.05) is 52.0 Å². The molecule has 5 atom stereocenters. The first-order valence-electron chi connectivity index (χ1n) is 12.7. The summed E-state index contributed by atoms with van der Waals surface area (Å²) in [6.45, 7) is 13.5. The first-order chi connectivity index (χ1) is 16.3. The van der Waals surface area contributed by atoms with E-state index in [0.717, 1.165) is 24.0 Å². The van der Waals surface area contributed by atoms with Crippen molar-refractivity contribution in [1.82, 2.24) is 14.4 Å². The quantitative estimate of drug-likeness (QED) is 0.419. The van der Waals surface area contributed by atoms with Crippen LogP contribution >= 0.6 is 7.51 Å². The first kappa shape index (κ1) is 26.5. The maximum absolute atomic E-state index is 13.9. The lowest BCUT2D eigenvalue weighted by atomic mass is 9.81. The lowest BCUT2D eigenvalue weighted by Gasteiger charge is -2.37. The van der Waals surface area contributed by atoms with Gasteiger partial charge in [0.15, 0.2) is 7.51 Å². The van der Waals surface area contributed by atoms with Crippen molar-refractivity contribution < 1.29 is 8.78 Å². The van der Waals surface area contributed by atoms with E-state index < -0.39 is 18.6 Å². The van der Waals surface area contributed by atoms with Gasteiger partial charge in [0.1, 0.15) is 17.2 Å². The Hall–Kier alpha value is -1.59. The summed E-state index contributed by atoms with van der Waals surface area (Å²) in [4.78, 5) is 0. The van der Waals surface area contributed by atoms with Crippen LogP contribution in [0.2, 0.25) is 0 Å². The second-order valence-corrected chi connectivity index (χ2v) is 14.4. The molecule has 2 aliphatic rings. The molecule has 0 amide bonds. The zero-order valence-electron chi connectivity index (χ0n) is 22.4. The predicted molar refractivity (Wildman–Crippen MR) is 142 cm³/mol. The molecule has 0 bridgehead atoms. The standard InChI is InChI=1S/C28H41F2N4P/c1-19(2)17-25-27(5,21-9-13-23(29)14-10-21)31-35(33(25)7)32-28(6,22-11-15-24(30)16-12-22)26(34(35)8)18-20(3)4/h9-16,19-20,25-26,31H,17-18H2,1-8H3/t25-,26-,27?,28?,35+/m0/s1. The third-order valence-corrected chi connectivity index (χ3v) is 11.9. The van der Waals surface area contributed by atoms with E-state index in [1.54, 1.807) is 24.3 Å². The van der Waals surface area contributed by atoms with Crippen molar-refractivity contribution in [1.29, 1.82) is 0 Å². The van der Waals surface area contributed by atoms with Crippen molar-refractivity contribution in [2.75, 3.05) is 14.1 Å². The molecule has 1 saturated heterocycles. The Bertz CT molecular complexity index is 1100. The average molecular weight is 503 g/mol. The Kier molecular flexibility index (Phi) is 7.09. The van der Waals surface area contributed by atoms with Gasteiger partial charge in [-0.3, -0.25) is 0 Å². The molecule has 2 aromatic carbocycles. The number of halogens is 2. The van der Waals surface area contributed by atoms with E-state index in [2.05, 4.69) is 70.1 Å². The van der Waals surface area contributed by atoms with Gasteiger partial charge in [0.05, 0.1) is 5.54 Å². The summed E-state index contributed by atoms with van der Waals surface area (Å²) in [6.07, 6.45) is 1.97. The SMILES string of the molecule is CC(C)C[C@@H]1N(C)[P@@]2(=NC1(C)c1ccc(F)cc1)NC(C)(c1ccc(F)cc1)[C@H](CC(C)C)N2C. The molecule has 0 saturated carbocycles. The molecule has 4 rings (SSSR count). The van der Waals surface area contributed by atoms with Crippen LogP contribution in [0.4, 0.5) is 8.78 Å². The van der Waals surface area contributed by atoms with E-state index in [0.29, 0.717) is 11.8 Å². The van der Waals surface area contributed by atoms with Gasteiger partial charge in [-0.2, -0.15) is 0 Å². The van der Waals surface area contributed by atoms with Crippen LogP contribution in [0.5, 0.6) is 0 Å². The highest BCUT2D eigenvalue weighted by molar-refractivity contribution is 7.60. The summed E-state index contributed by atoms with van der Waals surface area (Å²) in [6, 6.07) is 14.1. The summed E-state index contributed by atoms with van der Waals surface area (Å²) in [5.41, 5.74) is 1.24. The molecule has 0 aromatic heterocycles. The molecule has 0 radical (unpaired) electrons. The van der Waals surface area contributed by atoms with Crippen molar-refractivity contribution in [2.45, 2.75) is 77.5 Å². The maximum atomic E-state index is 13.9. The smallest absolute Gasteiger partial charge is 0.167 e. The lowest BCUT2D eigenvalue weighted by molar-refractivity contribution is 0.227.